The van der Waals surface area contributed by atoms with Gasteiger partial charge in [0.05, 0.1) is 6.54 Å². The molecule has 3 amide bonds. The molecular weight excluding hydrogens is 404 g/mol. The highest BCUT2D eigenvalue weighted by molar-refractivity contribution is 5.97. The lowest BCUT2D eigenvalue weighted by Gasteiger charge is -2.30. The second-order valence-electron chi connectivity index (χ2n) is 8.29. The number of hydrogen-bond acceptors (Lipinski definition) is 4. The van der Waals surface area contributed by atoms with Crippen molar-refractivity contribution in [3.05, 3.63) is 59.7 Å². The Labute approximate surface area is 189 Å². The number of rotatable bonds is 8. The first-order valence-electron chi connectivity index (χ1n) is 11.3. The van der Waals surface area contributed by atoms with Gasteiger partial charge in [0.2, 0.25) is 5.91 Å². The maximum atomic E-state index is 12.6. The van der Waals surface area contributed by atoms with Gasteiger partial charge in [-0.25, -0.2) is 0 Å². The largest absolute Gasteiger partial charge is 0.376 e. The Balaban J connectivity index is 1.49. The van der Waals surface area contributed by atoms with Crippen molar-refractivity contribution >= 4 is 29.1 Å². The van der Waals surface area contributed by atoms with E-state index < -0.39 is 0 Å². The van der Waals surface area contributed by atoms with Crippen molar-refractivity contribution in [3.8, 4) is 0 Å². The Morgan fingerprint density at radius 1 is 0.969 bits per heavy atom. The smallest absolute Gasteiger partial charge is 0.253 e. The molecule has 1 aliphatic rings. The van der Waals surface area contributed by atoms with Gasteiger partial charge >= 0.3 is 0 Å². The van der Waals surface area contributed by atoms with Crippen LogP contribution >= 0.6 is 0 Å². The molecule has 7 heteroatoms. The van der Waals surface area contributed by atoms with E-state index in [1.54, 1.807) is 42.5 Å². The Morgan fingerprint density at radius 3 is 2.38 bits per heavy atom. The second-order valence-corrected chi connectivity index (χ2v) is 8.29. The van der Waals surface area contributed by atoms with Crippen molar-refractivity contribution < 1.29 is 14.4 Å². The number of amides is 3. The Bertz CT molecular complexity index is 934. The number of anilines is 2. The molecule has 170 valence electrons. The Hall–Kier alpha value is -3.35. The summed E-state index contributed by atoms with van der Waals surface area (Å²) in [6.07, 6.45) is 2.95. The van der Waals surface area contributed by atoms with Gasteiger partial charge < -0.3 is 20.9 Å². The number of nitrogens with zero attached hydrogens (tertiary/aromatic N) is 1. The zero-order valence-corrected chi connectivity index (χ0v) is 18.8. The van der Waals surface area contributed by atoms with E-state index >= 15 is 0 Å². The van der Waals surface area contributed by atoms with Crippen LogP contribution in [-0.4, -0.2) is 48.8 Å². The minimum Gasteiger partial charge on any atom is -0.376 e. The summed E-state index contributed by atoms with van der Waals surface area (Å²) in [6, 6.07) is 14.0. The number of carbonyl (C=O) groups excluding carboxylic acids is 3. The molecule has 0 radical (unpaired) electrons. The lowest BCUT2D eigenvalue weighted by atomic mass is 9.98. The van der Waals surface area contributed by atoms with E-state index in [0.717, 1.165) is 32.4 Å². The molecule has 0 unspecified atom stereocenters. The van der Waals surface area contributed by atoms with Gasteiger partial charge in [0.15, 0.2) is 0 Å². The summed E-state index contributed by atoms with van der Waals surface area (Å²) < 4.78 is 0. The average Bonchev–Trinajstić information content (AvgIpc) is 2.82. The number of likely N-dealkylation sites (tertiary alicyclic amines) is 1. The zero-order chi connectivity index (χ0) is 22.9. The Kier molecular flexibility index (Phi) is 8.25. The van der Waals surface area contributed by atoms with Crippen molar-refractivity contribution in [1.82, 2.24) is 10.2 Å². The molecule has 3 rings (SSSR count). The summed E-state index contributed by atoms with van der Waals surface area (Å²) in [7, 11) is 0. The number of piperidine rings is 1. The monoisotopic (exact) mass is 436 g/mol. The minimum absolute atomic E-state index is 0.0410. The van der Waals surface area contributed by atoms with E-state index in [2.05, 4.69) is 22.9 Å². The van der Waals surface area contributed by atoms with Gasteiger partial charge in [0, 0.05) is 42.1 Å². The fourth-order valence-corrected chi connectivity index (χ4v) is 3.59. The van der Waals surface area contributed by atoms with E-state index in [1.165, 1.54) is 0 Å². The molecule has 0 saturated carbocycles. The lowest BCUT2D eigenvalue weighted by molar-refractivity contribution is -0.114. The molecule has 32 heavy (non-hydrogen) atoms. The molecule has 0 bridgehead atoms. The molecule has 1 aliphatic heterocycles. The van der Waals surface area contributed by atoms with Crippen LogP contribution in [0.3, 0.4) is 0 Å². The standard InChI is InChI=1S/C25H32N4O3/c1-3-13-26-24(31)20-5-4-6-22(16-20)27-17-23(30)28-21-9-7-19(8-10-21)25(32)29-14-11-18(2)12-15-29/h4-10,16,18,27H,3,11-15,17H2,1-2H3,(H,26,31)(H,28,30). The maximum absolute atomic E-state index is 12.6. The highest BCUT2D eigenvalue weighted by Crippen LogP contribution is 2.19. The highest BCUT2D eigenvalue weighted by atomic mass is 16.2. The quantitative estimate of drug-likeness (QED) is 0.588. The fraction of sp³-hybridized carbons (Fsp3) is 0.400. The normalized spacial score (nSPS) is 14.0. The van der Waals surface area contributed by atoms with E-state index in [9.17, 15) is 14.4 Å². The van der Waals surface area contributed by atoms with Crippen LogP contribution in [0.25, 0.3) is 0 Å². The van der Waals surface area contributed by atoms with Crippen LogP contribution in [0.4, 0.5) is 11.4 Å². The molecular formula is C25H32N4O3. The first-order valence-corrected chi connectivity index (χ1v) is 11.3. The van der Waals surface area contributed by atoms with Crippen molar-refractivity contribution in [2.75, 3.05) is 36.8 Å². The summed E-state index contributed by atoms with van der Waals surface area (Å²) in [4.78, 5) is 38.9. The number of hydrogen-bond donors (Lipinski definition) is 3. The number of carbonyl (C=O) groups is 3. The topological polar surface area (TPSA) is 90.5 Å². The third-order valence-electron chi connectivity index (χ3n) is 5.60. The molecule has 3 N–H and O–H groups in total. The SMILES string of the molecule is CCCNC(=O)c1cccc(NCC(=O)Nc2ccc(C(=O)N3CCC(C)CC3)cc2)c1. The maximum Gasteiger partial charge on any atom is 0.253 e. The third kappa shape index (κ3) is 6.57. The molecule has 1 heterocycles. The van der Waals surface area contributed by atoms with E-state index in [0.29, 0.717) is 35.0 Å². The summed E-state index contributed by atoms with van der Waals surface area (Å²) >= 11 is 0. The van der Waals surface area contributed by atoms with E-state index in [-0.39, 0.29) is 24.3 Å². The number of nitrogens with one attached hydrogen (secondary N) is 3. The third-order valence-corrected chi connectivity index (χ3v) is 5.60. The summed E-state index contributed by atoms with van der Waals surface area (Å²) in [5.41, 5.74) is 2.51. The van der Waals surface area contributed by atoms with Crippen LogP contribution in [0.1, 0.15) is 53.8 Å². The van der Waals surface area contributed by atoms with Gasteiger partial charge in [0.1, 0.15) is 0 Å². The first-order chi connectivity index (χ1) is 15.5. The van der Waals surface area contributed by atoms with E-state index in [4.69, 9.17) is 0 Å². The van der Waals surface area contributed by atoms with Gasteiger partial charge in [0.25, 0.3) is 11.8 Å². The van der Waals surface area contributed by atoms with Crippen LogP contribution in [-0.2, 0) is 4.79 Å². The zero-order valence-electron chi connectivity index (χ0n) is 18.8. The van der Waals surface area contributed by atoms with Crippen LogP contribution < -0.4 is 16.0 Å². The molecule has 7 nitrogen and oxygen atoms in total. The van der Waals surface area contributed by atoms with Gasteiger partial charge in [-0.3, -0.25) is 14.4 Å². The summed E-state index contributed by atoms with van der Waals surface area (Å²) in [6.45, 7) is 6.50. The number of benzene rings is 2. The molecule has 2 aromatic carbocycles. The van der Waals surface area contributed by atoms with Crippen LogP contribution in [0, 0.1) is 5.92 Å². The highest BCUT2D eigenvalue weighted by Gasteiger charge is 2.21. The Morgan fingerprint density at radius 2 is 1.69 bits per heavy atom. The van der Waals surface area contributed by atoms with Crippen molar-refractivity contribution in [1.29, 1.82) is 0 Å². The molecule has 0 atom stereocenters. The van der Waals surface area contributed by atoms with Crippen LogP contribution in [0.5, 0.6) is 0 Å². The van der Waals surface area contributed by atoms with Gasteiger partial charge in [-0.2, -0.15) is 0 Å². The molecule has 0 aliphatic carbocycles. The van der Waals surface area contributed by atoms with Gasteiger partial charge in [-0.1, -0.05) is 19.9 Å². The molecule has 2 aromatic rings. The van der Waals surface area contributed by atoms with Crippen molar-refractivity contribution in [3.63, 3.8) is 0 Å². The van der Waals surface area contributed by atoms with Crippen molar-refractivity contribution in [2.45, 2.75) is 33.1 Å². The predicted octanol–water partition coefficient (Wildman–Crippen LogP) is 3.75. The van der Waals surface area contributed by atoms with Crippen molar-refractivity contribution in [2.24, 2.45) is 5.92 Å². The van der Waals surface area contributed by atoms with E-state index in [1.807, 2.05) is 17.9 Å². The molecule has 0 aromatic heterocycles. The van der Waals surface area contributed by atoms with Gasteiger partial charge in [-0.05, 0) is 67.6 Å². The minimum atomic E-state index is -0.213. The summed E-state index contributed by atoms with van der Waals surface area (Å²) in [5.74, 6) is 0.369. The second kappa shape index (κ2) is 11.3. The molecule has 1 saturated heterocycles. The van der Waals surface area contributed by atoms with Crippen LogP contribution in [0.15, 0.2) is 48.5 Å². The van der Waals surface area contributed by atoms with Gasteiger partial charge in [-0.15, -0.1) is 0 Å². The fourth-order valence-electron chi connectivity index (χ4n) is 3.59. The first kappa shape index (κ1) is 23.3. The average molecular weight is 437 g/mol. The lowest BCUT2D eigenvalue weighted by Crippen LogP contribution is -2.37. The predicted molar refractivity (Wildman–Crippen MR) is 127 cm³/mol. The summed E-state index contributed by atoms with van der Waals surface area (Å²) in [5, 5.41) is 8.70. The molecule has 0 spiro atoms. The molecule has 1 fully saturated rings. The van der Waals surface area contributed by atoms with Crippen LogP contribution in [0.2, 0.25) is 0 Å².